The highest BCUT2D eigenvalue weighted by Gasteiger charge is 2.14. The van der Waals surface area contributed by atoms with Gasteiger partial charge in [-0.25, -0.2) is 4.79 Å². The van der Waals surface area contributed by atoms with E-state index in [1.165, 1.54) is 31.2 Å². The van der Waals surface area contributed by atoms with Crippen molar-refractivity contribution in [3.63, 3.8) is 0 Å². The second-order valence-corrected chi connectivity index (χ2v) is 7.31. The Morgan fingerprint density at radius 2 is 1.72 bits per heavy atom. The third-order valence-corrected chi connectivity index (χ3v) is 5.30. The molecule has 134 valence electrons. The zero-order chi connectivity index (χ0) is 18.1. The minimum Gasteiger partial charge on any atom is -0.462 e. The van der Waals surface area contributed by atoms with Gasteiger partial charge in [0.15, 0.2) is 0 Å². The van der Waals surface area contributed by atoms with E-state index in [4.69, 9.17) is 4.74 Å². The minimum absolute atomic E-state index is 0.267. The van der Waals surface area contributed by atoms with Gasteiger partial charge in [-0.15, -0.1) is 0 Å². The summed E-state index contributed by atoms with van der Waals surface area (Å²) in [5, 5.41) is 0. The molecule has 2 rings (SSSR count). The number of rotatable bonds is 9. The average Bonchev–Trinajstić information content (AvgIpc) is 2.65. The zero-order valence-electron chi connectivity index (χ0n) is 15.1. The summed E-state index contributed by atoms with van der Waals surface area (Å²) in [4.78, 5) is 12.5. The van der Waals surface area contributed by atoms with Crippen molar-refractivity contribution in [3.8, 4) is 11.1 Å². The maximum Gasteiger partial charge on any atom is 0.338 e. The molecule has 2 nitrogen and oxygen atoms in total. The third-order valence-electron chi connectivity index (χ3n) is 4.32. The fraction of sp³-hybridized carbons (Fsp3) is 0.409. The molecule has 25 heavy (non-hydrogen) atoms. The van der Waals surface area contributed by atoms with E-state index < -0.39 is 0 Å². The number of halogens is 1. The third kappa shape index (κ3) is 5.71. The van der Waals surface area contributed by atoms with Crippen LogP contribution in [0.5, 0.6) is 0 Å². The molecule has 1 atom stereocenters. The van der Waals surface area contributed by atoms with E-state index in [1.807, 2.05) is 31.2 Å². The molecule has 0 aliphatic carbocycles. The molecule has 3 heteroatoms. The Kier molecular flexibility index (Phi) is 8.20. The van der Waals surface area contributed by atoms with Crippen LogP contribution in [0.25, 0.3) is 11.1 Å². The number of ether oxygens (including phenoxy) is 1. The van der Waals surface area contributed by atoms with E-state index in [9.17, 15) is 4.79 Å². The van der Waals surface area contributed by atoms with Gasteiger partial charge >= 0.3 is 5.97 Å². The van der Waals surface area contributed by atoms with Gasteiger partial charge in [-0.1, -0.05) is 91.0 Å². The summed E-state index contributed by atoms with van der Waals surface area (Å²) in [5.41, 5.74) is 3.86. The largest absolute Gasteiger partial charge is 0.462 e. The molecule has 2 aromatic rings. The van der Waals surface area contributed by atoms with Crippen LogP contribution in [0, 0.1) is 0 Å². The summed E-state index contributed by atoms with van der Waals surface area (Å²) in [6.07, 6.45) is 6.27. The van der Waals surface area contributed by atoms with Crippen LogP contribution in [0.15, 0.2) is 48.5 Å². The second kappa shape index (κ2) is 10.4. The number of esters is 1. The van der Waals surface area contributed by atoms with Gasteiger partial charge < -0.3 is 4.74 Å². The highest BCUT2D eigenvalue weighted by atomic mass is 79.9. The van der Waals surface area contributed by atoms with Crippen LogP contribution in [0.1, 0.15) is 66.7 Å². The Balaban J connectivity index is 2.11. The predicted molar refractivity (Wildman–Crippen MR) is 108 cm³/mol. The molecular weight excluding hydrogens is 376 g/mol. The van der Waals surface area contributed by atoms with E-state index in [2.05, 4.69) is 47.1 Å². The molecule has 0 fully saturated rings. The predicted octanol–water partition coefficient (Wildman–Crippen LogP) is 6.94. The SMILES string of the molecule is CCCCCCC(Br)c1ccc(-c2ccccc2C(=O)OCC)cc1. The van der Waals surface area contributed by atoms with Gasteiger partial charge in [-0.2, -0.15) is 0 Å². The minimum atomic E-state index is -0.267. The van der Waals surface area contributed by atoms with Crippen molar-refractivity contribution in [3.05, 3.63) is 59.7 Å². The van der Waals surface area contributed by atoms with Crippen LogP contribution in [0.4, 0.5) is 0 Å². The highest BCUT2D eigenvalue weighted by molar-refractivity contribution is 9.09. The van der Waals surface area contributed by atoms with Crippen molar-refractivity contribution in [1.29, 1.82) is 0 Å². The van der Waals surface area contributed by atoms with Crippen LogP contribution in [0.3, 0.4) is 0 Å². The number of hydrogen-bond acceptors (Lipinski definition) is 2. The standard InChI is InChI=1S/C22H27BrO2/c1-3-5-6-7-12-21(23)18-15-13-17(14-16-18)19-10-8-9-11-20(19)22(24)25-4-2/h8-11,13-16,21H,3-7,12H2,1-2H3. The van der Waals surface area contributed by atoms with E-state index in [0.29, 0.717) is 17.0 Å². The van der Waals surface area contributed by atoms with Crippen LogP contribution < -0.4 is 0 Å². The molecule has 0 saturated carbocycles. The number of unbranched alkanes of at least 4 members (excludes halogenated alkanes) is 3. The lowest BCUT2D eigenvalue weighted by atomic mass is 9.97. The summed E-state index contributed by atoms with van der Waals surface area (Å²) in [5.74, 6) is -0.267. The Labute approximate surface area is 159 Å². The van der Waals surface area contributed by atoms with Gasteiger partial charge in [0.05, 0.1) is 12.2 Å². The van der Waals surface area contributed by atoms with Crippen molar-refractivity contribution in [2.75, 3.05) is 6.61 Å². The molecule has 0 heterocycles. The zero-order valence-corrected chi connectivity index (χ0v) is 16.7. The second-order valence-electron chi connectivity index (χ2n) is 6.20. The van der Waals surface area contributed by atoms with E-state index in [1.54, 1.807) is 0 Å². The fourth-order valence-electron chi connectivity index (χ4n) is 2.91. The summed E-state index contributed by atoms with van der Waals surface area (Å²) < 4.78 is 5.17. The Bertz CT molecular complexity index is 664. The Morgan fingerprint density at radius 1 is 1.00 bits per heavy atom. The molecule has 1 unspecified atom stereocenters. The van der Waals surface area contributed by atoms with Gasteiger partial charge in [0, 0.05) is 4.83 Å². The maximum atomic E-state index is 12.2. The highest BCUT2D eigenvalue weighted by Crippen LogP contribution is 2.31. The molecule has 0 spiro atoms. The molecule has 0 radical (unpaired) electrons. The first-order chi connectivity index (χ1) is 12.2. The van der Waals surface area contributed by atoms with Crippen LogP contribution >= 0.6 is 15.9 Å². The van der Waals surface area contributed by atoms with Crippen LogP contribution in [0.2, 0.25) is 0 Å². The fourth-order valence-corrected chi connectivity index (χ4v) is 3.54. The molecule has 0 amide bonds. The normalized spacial score (nSPS) is 12.0. The van der Waals surface area contributed by atoms with Crippen molar-refractivity contribution in [1.82, 2.24) is 0 Å². The van der Waals surface area contributed by atoms with Crippen molar-refractivity contribution in [2.45, 2.75) is 50.8 Å². The number of carbonyl (C=O) groups excluding carboxylic acids is 1. The molecule has 0 aromatic heterocycles. The van der Waals surface area contributed by atoms with Crippen LogP contribution in [-0.4, -0.2) is 12.6 Å². The number of benzene rings is 2. The molecule has 0 aliphatic heterocycles. The smallest absolute Gasteiger partial charge is 0.338 e. The first-order valence-electron chi connectivity index (χ1n) is 9.17. The summed E-state index contributed by atoms with van der Waals surface area (Å²) in [7, 11) is 0. The quantitative estimate of drug-likeness (QED) is 0.258. The lowest BCUT2D eigenvalue weighted by molar-refractivity contribution is 0.0527. The van der Waals surface area contributed by atoms with E-state index >= 15 is 0 Å². The molecule has 0 bridgehead atoms. The van der Waals surface area contributed by atoms with Gasteiger partial charge in [0.1, 0.15) is 0 Å². The van der Waals surface area contributed by atoms with Gasteiger partial charge in [0.2, 0.25) is 0 Å². The number of hydrogen-bond donors (Lipinski definition) is 0. The Morgan fingerprint density at radius 3 is 2.40 bits per heavy atom. The average molecular weight is 403 g/mol. The lowest BCUT2D eigenvalue weighted by Gasteiger charge is -2.12. The van der Waals surface area contributed by atoms with Crippen molar-refractivity contribution < 1.29 is 9.53 Å². The first kappa shape index (κ1) is 19.7. The summed E-state index contributed by atoms with van der Waals surface area (Å²) in [6, 6.07) is 16.1. The number of carbonyl (C=O) groups is 1. The molecule has 0 saturated heterocycles. The van der Waals surface area contributed by atoms with Gasteiger partial charge in [-0.3, -0.25) is 0 Å². The topological polar surface area (TPSA) is 26.3 Å². The molecule has 0 aliphatic rings. The van der Waals surface area contributed by atoms with E-state index in [-0.39, 0.29) is 5.97 Å². The monoisotopic (exact) mass is 402 g/mol. The van der Waals surface area contributed by atoms with Gasteiger partial charge in [0.25, 0.3) is 0 Å². The molecule has 2 aromatic carbocycles. The summed E-state index contributed by atoms with van der Waals surface area (Å²) >= 11 is 3.80. The maximum absolute atomic E-state index is 12.2. The Hall–Kier alpha value is -1.61. The van der Waals surface area contributed by atoms with Crippen molar-refractivity contribution >= 4 is 21.9 Å². The number of alkyl halides is 1. The first-order valence-corrected chi connectivity index (χ1v) is 10.1. The molecule has 0 N–H and O–H groups in total. The lowest BCUT2D eigenvalue weighted by Crippen LogP contribution is -2.06. The van der Waals surface area contributed by atoms with E-state index in [0.717, 1.165) is 17.5 Å². The van der Waals surface area contributed by atoms with Crippen molar-refractivity contribution in [2.24, 2.45) is 0 Å². The molecular formula is C22H27BrO2. The van der Waals surface area contributed by atoms with Gasteiger partial charge in [-0.05, 0) is 36.1 Å². The summed E-state index contributed by atoms with van der Waals surface area (Å²) in [6.45, 7) is 4.44. The van der Waals surface area contributed by atoms with Crippen LogP contribution in [-0.2, 0) is 4.74 Å².